The molecule has 2 heterocycles. The summed E-state index contributed by atoms with van der Waals surface area (Å²) < 4.78 is 32.2. The molecule has 1 saturated heterocycles. The predicted octanol–water partition coefficient (Wildman–Crippen LogP) is 0.577. The van der Waals surface area contributed by atoms with Gasteiger partial charge in [-0.3, -0.25) is 4.79 Å². The Kier molecular flexibility index (Phi) is 7.21. The first-order valence-corrected chi connectivity index (χ1v) is 9.18. The summed E-state index contributed by atoms with van der Waals surface area (Å²) >= 11 is 0. The fourth-order valence-electron chi connectivity index (χ4n) is 2.86. The zero-order valence-corrected chi connectivity index (χ0v) is 15.7. The summed E-state index contributed by atoms with van der Waals surface area (Å²) in [5.74, 6) is 0.419. The summed E-state index contributed by atoms with van der Waals surface area (Å²) in [7, 11) is -3.85. The van der Waals surface area contributed by atoms with Crippen molar-refractivity contribution in [3.05, 3.63) is 11.5 Å². The van der Waals surface area contributed by atoms with Crippen LogP contribution in [-0.2, 0) is 14.8 Å². The second-order valence-electron chi connectivity index (χ2n) is 6.00. The van der Waals surface area contributed by atoms with Gasteiger partial charge in [0.2, 0.25) is 15.9 Å². The van der Waals surface area contributed by atoms with E-state index in [1.165, 1.54) is 6.92 Å². The van der Waals surface area contributed by atoms with Gasteiger partial charge >= 0.3 is 0 Å². The highest BCUT2D eigenvalue weighted by atomic mass is 35.5. The molecular weight excluding hydrogens is 356 g/mol. The van der Waals surface area contributed by atoms with Crippen molar-refractivity contribution in [3.63, 3.8) is 0 Å². The molecule has 1 aliphatic rings. The minimum Gasteiger partial charge on any atom is -0.360 e. The lowest BCUT2D eigenvalue weighted by Gasteiger charge is -2.33. The standard InChI is InChI=1S/C14H24N4O4S.ClH/c1-9-13(11(3)22-16-9)23(20,21)17-10(2)14(19)18-6-4-12(8-15)5-7-18;/h10,12,17H,4-8,15H2,1-3H3;1H. The molecule has 0 saturated carbocycles. The topological polar surface area (TPSA) is 119 Å². The smallest absolute Gasteiger partial charge is 0.246 e. The van der Waals surface area contributed by atoms with Crippen molar-refractivity contribution >= 4 is 28.3 Å². The van der Waals surface area contributed by atoms with E-state index in [0.29, 0.717) is 25.6 Å². The number of nitrogens with two attached hydrogens (primary N) is 1. The lowest BCUT2D eigenvalue weighted by molar-refractivity contribution is -0.133. The Balaban J connectivity index is 0.00000288. The average molecular weight is 381 g/mol. The van der Waals surface area contributed by atoms with Crippen LogP contribution < -0.4 is 10.5 Å². The molecule has 2 rings (SSSR count). The lowest BCUT2D eigenvalue weighted by atomic mass is 9.97. The maximum Gasteiger partial charge on any atom is 0.246 e. The highest BCUT2D eigenvalue weighted by Gasteiger charge is 2.31. The van der Waals surface area contributed by atoms with Gasteiger partial charge in [0.25, 0.3) is 0 Å². The molecule has 0 aliphatic carbocycles. The Bertz CT molecular complexity index is 649. The second kappa shape index (κ2) is 8.28. The number of piperidine rings is 1. The highest BCUT2D eigenvalue weighted by Crippen LogP contribution is 2.20. The van der Waals surface area contributed by atoms with Crippen molar-refractivity contribution in [2.45, 2.75) is 44.6 Å². The first-order chi connectivity index (χ1) is 10.8. The summed E-state index contributed by atoms with van der Waals surface area (Å²) in [5, 5.41) is 3.64. The zero-order chi connectivity index (χ0) is 17.2. The number of nitrogens with zero attached hydrogens (tertiary/aromatic N) is 2. The van der Waals surface area contributed by atoms with Gasteiger partial charge in [-0.2, -0.15) is 4.72 Å². The van der Waals surface area contributed by atoms with Crippen molar-refractivity contribution in [2.75, 3.05) is 19.6 Å². The van der Waals surface area contributed by atoms with Crippen LogP contribution in [0.2, 0.25) is 0 Å². The number of aromatic nitrogens is 1. The van der Waals surface area contributed by atoms with Crippen LogP contribution in [-0.4, -0.2) is 50.1 Å². The molecule has 1 amide bonds. The average Bonchev–Trinajstić information content (AvgIpc) is 2.85. The van der Waals surface area contributed by atoms with E-state index in [-0.39, 0.29) is 34.7 Å². The SMILES string of the molecule is Cc1noc(C)c1S(=O)(=O)NC(C)C(=O)N1CCC(CN)CC1.Cl. The van der Waals surface area contributed by atoms with Crippen LogP contribution in [0.25, 0.3) is 0 Å². The van der Waals surface area contributed by atoms with Gasteiger partial charge in [-0.25, -0.2) is 8.42 Å². The molecule has 0 spiro atoms. The minimum atomic E-state index is -3.85. The summed E-state index contributed by atoms with van der Waals surface area (Å²) in [5.41, 5.74) is 5.92. The number of halogens is 1. The molecule has 0 radical (unpaired) electrons. The molecule has 1 unspecified atom stereocenters. The number of carbonyl (C=O) groups is 1. The molecule has 1 atom stereocenters. The van der Waals surface area contributed by atoms with Gasteiger partial charge in [-0.1, -0.05) is 5.16 Å². The Hall–Kier alpha value is -1.16. The van der Waals surface area contributed by atoms with Crippen LogP contribution in [0.15, 0.2) is 9.42 Å². The fraction of sp³-hybridized carbons (Fsp3) is 0.714. The zero-order valence-electron chi connectivity index (χ0n) is 14.1. The number of sulfonamides is 1. The van der Waals surface area contributed by atoms with Crippen LogP contribution in [0.4, 0.5) is 0 Å². The molecule has 24 heavy (non-hydrogen) atoms. The number of aryl methyl sites for hydroxylation is 2. The molecule has 8 nitrogen and oxygen atoms in total. The Morgan fingerprint density at radius 1 is 1.42 bits per heavy atom. The van der Waals surface area contributed by atoms with Crippen LogP contribution in [0.3, 0.4) is 0 Å². The largest absolute Gasteiger partial charge is 0.360 e. The fourth-order valence-corrected chi connectivity index (χ4v) is 4.39. The van der Waals surface area contributed by atoms with Gasteiger partial charge in [0, 0.05) is 13.1 Å². The van der Waals surface area contributed by atoms with E-state index in [1.807, 2.05) is 0 Å². The molecule has 0 bridgehead atoms. The molecule has 138 valence electrons. The van der Waals surface area contributed by atoms with Crippen molar-refractivity contribution in [1.82, 2.24) is 14.8 Å². The molecule has 1 aromatic rings. The summed E-state index contributed by atoms with van der Waals surface area (Å²) in [4.78, 5) is 14.1. The summed E-state index contributed by atoms with van der Waals surface area (Å²) in [6.45, 7) is 6.47. The Morgan fingerprint density at radius 2 is 2.00 bits per heavy atom. The quantitative estimate of drug-likeness (QED) is 0.771. The third-order valence-corrected chi connectivity index (χ3v) is 5.98. The Morgan fingerprint density at radius 3 is 2.46 bits per heavy atom. The third-order valence-electron chi connectivity index (χ3n) is 4.20. The number of amides is 1. The maximum absolute atomic E-state index is 12.4. The highest BCUT2D eigenvalue weighted by molar-refractivity contribution is 7.89. The molecule has 10 heteroatoms. The molecule has 1 fully saturated rings. The van der Waals surface area contributed by atoms with Crippen LogP contribution in [0.1, 0.15) is 31.2 Å². The van der Waals surface area contributed by atoms with Crippen molar-refractivity contribution in [2.24, 2.45) is 11.7 Å². The van der Waals surface area contributed by atoms with Crippen molar-refractivity contribution in [1.29, 1.82) is 0 Å². The minimum absolute atomic E-state index is 0. The monoisotopic (exact) mass is 380 g/mol. The number of rotatable bonds is 5. The van der Waals surface area contributed by atoms with E-state index < -0.39 is 16.1 Å². The predicted molar refractivity (Wildman–Crippen MR) is 91.4 cm³/mol. The van der Waals surface area contributed by atoms with Gasteiger partial charge in [0.05, 0.1) is 6.04 Å². The number of likely N-dealkylation sites (tertiary alicyclic amines) is 1. The molecule has 1 aliphatic heterocycles. The van der Waals surface area contributed by atoms with E-state index in [9.17, 15) is 13.2 Å². The van der Waals surface area contributed by atoms with Gasteiger partial charge in [0.15, 0.2) is 5.76 Å². The third kappa shape index (κ3) is 4.47. The van der Waals surface area contributed by atoms with E-state index in [4.69, 9.17) is 10.3 Å². The Labute approximate surface area is 148 Å². The van der Waals surface area contributed by atoms with Gasteiger partial charge in [-0.15, -0.1) is 12.4 Å². The normalized spacial score (nSPS) is 17.4. The molecular formula is C14H25ClN4O4S. The van der Waals surface area contributed by atoms with Crippen LogP contribution in [0.5, 0.6) is 0 Å². The van der Waals surface area contributed by atoms with Gasteiger partial charge in [-0.05, 0) is 46.1 Å². The van der Waals surface area contributed by atoms with E-state index in [0.717, 1.165) is 12.8 Å². The van der Waals surface area contributed by atoms with Crippen LogP contribution in [0, 0.1) is 19.8 Å². The summed E-state index contributed by atoms with van der Waals surface area (Å²) in [6.07, 6.45) is 1.71. The first kappa shape index (κ1) is 20.9. The second-order valence-corrected chi connectivity index (χ2v) is 7.65. The summed E-state index contributed by atoms with van der Waals surface area (Å²) in [6, 6.07) is -0.844. The number of hydrogen-bond donors (Lipinski definition) is 2. The maximum atomic E-state index is 12.4. The molecule has 0 aromatic carbocycles. The first-order valence-electron chi connectivity index (χ1n) is 7.70. The van der Waals surface area contributed by atoms with E-state index in [2.05, 4.69) is 9.88 Å². The lowest BCUT2D eigenvalue weighted by Crippen LogP contribution is -2.49. The number of carbonyl (C=O) groups excluding carboxylic acids is 1. The number of nitrogens with one attached hydrogen (secondary N) is 1. The van der Waals surface area contributed by atoms with Crippen molar-refractivity contribution in [3.8, 4) is 0 Å². The van der Waals surface area contributed by atoms with E-state index in [1.54, 1.807) is 18.7 Å². The van der Waals surface area contributed by atoms with Gasteiger partial charge < -0.3 is 15.2 Å². The molecule has 1 aromatic heterocycles. The van der Waals surface area contributed by atoms with Crippen molar-refractivity contribution < 1.29 is 17.7 Å². The van der Waals surface area contributed by atoms with E-state index >= 15 is 0 Å². The van der Waals surface area contributed by atoms with Crippen LogP contribution >= 0.6 is 12.4 Å². The molecule has 3 N–H and O–H groups in total. The number of hydrogen-bond acceptors (Lipinski definition) is 6. The van der Waals surface area contributed by atoms with Gasteiger partial charge in [0.1, 0.15) is 10.6 Å².